The Labute approximate surface area is 111 Å². The van der Waals surface area contributed by atoms with Crippen LogP contribution in [0.3, 0.4) is 0 Å². The molecule has 1 aromatic carbocycles. The maximum absolute atomic E-state index is 13.2. The second-order valence-corrected chi connectivity index (χ2v) is 4.13. The van der Waals surface area contributed by atoms with E-state index in [-0.39, 0.29) is 24.3 Å². The molecule has 6 heteroatoms. The first-order valence-corrected chi connectivity index (χ1v) is 6.10. The molecule has 1 atom stereocenters. The van der Waals surface area contributed by atoms with Gasteiger partial charge in [0.25, 0.3) is 5.91 Å². The molecule has 0 saturated carbocycles. The lowest BCUT2D eigenvalue weighted by Gasteiger charge is -2.13. The molecule has 1 rings (SSSR count). The lowest BCUT2D eigenvalue weighted by Crippen LogP contribution is -2.40. The van der Waals surface area contributed by atoms with Gasteiger partial charge in [-0.2, -0.15) is 0 Å². The SMILES string of the molecule is CCN[C@H](C)CNC(=O)COc1ccc(F)cc1F. The largest absolute Gasteiger partial charge is 0.481 e. The summed E-state index contributed by atoms with van der Waals surface area (Å²) in [5, 5.41) is 5.78. The van der Waals surface area contributed by atoms with E-state index in [1.54, 1.807) is 0 Å². The first kappa shape index (κ1) is 15.4. The summed E-state index contributed by atoms with van der Waals surface area (Å²) in [7, 11) is 0. The van der Waals surface area contributed by atoms with Crippen molar-refractivity contribution in [3.8, 4) is 5.75 Å². The number of ether oxygens (including phenoxy) is 1. The van der Waals surface area contributed by atoms with E-state index >= 15 is 0 Å². The lowest BCUT2D eigenvalue weighted by molar-refractivity contribution is -0.123. The van der Waals surface area contributed by atoms with Gasteiger partial charge in [-0.3, -0.25) is 4.79 Å². The third-order valence-electron chi connectivity index (χ3n) is 2.41. The van der Waals surface area contributed by atoms with Crippen LogP contribution in [0.5, 0.6) is 5.75 Å². The minimum absolute atomic E-state index is 0.142. The van der Waals surface area contributed by atoms with Crippen LogP contribution in [0.15, 0.2) is 18.2 Å². The summed E-state index contributed by atoms with van der Waals surface area (Å²) in [5.41, 5.74) is 0. The number of carbonyl (C=O) groups is 1. The quantitative estimate of drug-likeness (QED) is 0.790. The van der Waals surface area contributed by atoms with Gasteiger partial charge in [0.2, 0.25) is 0 Å². The van der Waals surface area contributed by atoms with Crippen molar-refractivity contribution in [1.82, 2.24) is 10.6 Å². The van der Waals surface area contributed by atoms with Gasteiger partial charge in [0.05, 0.1) is 0 Å². The lowest BCUT2D eigenvalue weighted by atomic mass is 10.3. The highest BCUT2D eigenvalue weighted by Crippen LogP contribution is 2.17. The van der Waals surface area contributed by atoms with Gasteiger partial charge in [0.15, 0.2) is 18.2 Å². The van der Waals surface area contributed by atoms with Crippen molar-refractivity contribution in [2.75, 3.05) is 19.7 Å². The van der Waals surface area contributed by atoms with Crippen LogP contribution in [-0.2, 0) is 4.79 Å². The molecule has 0 spiro atoms. The summed E-state index contributed by atoms with van der Waals surface area (Å²) in [6.45, 7) is 4.88. The van der Waals surface area contributed by atoms with Crippen LogP contribution >= 0.6 is 0 Å². The van der Waals surface area contributed by atoms with Crippen LogP contribution in [0, 0.1) is 11.6 Å². The number of carbonyl (C=O) groups excluding carboxylic acids is 1. The van der Waals surface area contributed by atoms with Crippen LogP contribution in [0.2, 0.25) is 0 Å². The summed E-state index contributed by atoms with van der Waals surface area (Å²) >= 11 is 0. The molecule has 0 fully saturated rings. The Morgan fingerprint density at radius 3 is 2.79 bits per heavy atom. The van der Waals surface area contributed by atoms with Crippen molar-refractivity contribution in [3.63, 3.8) is 0 Å². The molecule has 0 radical (unpaired) electrons. The van der Waals surface area contributed by atoms with Crippen LogP contribution < -0.4 is 15.4 Å². The Kier molecular flexibility index (Phi) is 6.21. The molecule has 0 bridgehead atoms. The molecule has 0 heterocycles. The van der Waals surface area contributed by atoms with Gasteiger partial charge in [-0.05, 0) is 25.6 Å². The molecule has 1 aromatic rings. The van der Waals surface area contributed by atoms with Crippen molar-refractivity contribution < 1.29 is 18.3 Å². The van der Waals surface area contributed by atoms with E-state index in [2.05, 4.69) is 10.6 Å². The van der Waals surface area contributed by atoms with Gasteiger partial charge >= 0.3 is 0 Å². The van der Waals surface area contributed by atoms with E-state index in [0.29, 0.717) is 12.6 Å². The number of halogens is 2. The van der Waals surface area contributed by atoms with E-state index in [1.807, 2.05) is 13.8 Å². The summed E-state index contributed by atoms with van der Waals surface area (Å²) in [6.07, 6.45) is 0. The van der Waals surface area contributed by atoms with Crippen molar-refractivity contribution >= 4 is 5.91 Å². The monoisotopic (exact) mass is 272 g/mol. The molecule has 4 nitrogen and oxygen atoms in total. The topological polar surface area (TPSA) is 50.4 Å². The van der Waals surface area contributed by atoms with Gasteiger partial charge < -0.3 is 15.4 Å². The molecular weight excluding hydrogens is 254 g/mol. The molecule has 1 amide bonds. The molecule has 0 aliphatic heterocycles. The Balaban J connectivity index is 2.33. The second kappa shape index (κ2) is 7.68. The highest BCUT2D eigenvalue weighted by molar-refractivity contribution is 5.77. The zero-order chi connectivity index (χ0) is 14.3. The average molecular weight is 272 g/mol. The van der Waals surface area contributed by atoms with Crippen LogP contribution in [-0.4, -0.2) is 31.6 Å². The maximum Gasteiger partial charge on any atom is 0.257 e. The third-order valence-corrected chi connectivity index (χ3v) is 2.41. The van der Waals surface area contributed by atoms with Crippen LogP contribution in [0.1, 0.15) is 13.8 Å². The number of hydrogen-bond acceptors (Lipinski definition) is 3. The maximum atomic E-state index is 13.2. The fourth-order valence-electron chi connectivity index (χ4n) is 1.47. The summed E-state index contributed by atoms with van der Waals surface area (Å²) in [6, 6.07) is 3.08. The standard InChI is InChI=1S/C13H18F2N2O2/c1-3-16-9(2)7-17-13(18)8-19-12-5-4-10(14)6-11(12)15/h4-6,9,16H,3,7-8H2,1-2H3,(H,17,18)/t9-/m1/s1. The predicted molar refractivity (Wildman–Crippen MR) is 68.0 cm³/mol. The minimum atomic E-state index is -0.825. The van der Waals surface area contributed by atoms with Gasteiger partial charge in [0.1, 0.15) is 5.82 Å². The first-order valence-electron chi connectivity index (χ1n) is 6.10. The Hall–Kier alpha value is -1.69. The average Bonchev–Trinajstić information content (AvgIpc) is 2.35. The van der Waals surface area contributed by atoms with E-state index in [4.69, 9.17) is 4.74 Å². The highest BCUT2D eigenvalue weighted by Gasteiger charge is 2.08. The molecule has 2 N–H and O–H groups in total. The number of benzene rings is 1. The van der Waals surface area contributed by atoms with Crippen molar-refractivity contribution in [3.05, 3.63) is 29.8 Å². The summed E-state index contributed by atoms with van der Waals surface area (Å²) < 4.78 is 30.8. The zero-order valence-electron chi connectivity index (χ0n) is 11.0. The minimum Gasteiger partial charge on any atom is -0.481 e. The molecular formula is C13H18F2N2O2. The molecule has 19 heavy (non-hydrogen) atoms. The highest BCUT2D eigenvalue weighted by atomic mass is 19.1. The Morgan fingerprint density at radius 2 is 2.16 bits per heavy atom. The van der Waals surface area contributed by atoms with Crippen LogP contribution in [0.4, 0.5) is 8.78 Å². The van der Waals surface area contributed by atoms with Gasteiger partial charge in [-0.25, -0.2) is 8.78 Å². The fourth-order valence-corrected chi connectivity index (χ4v) is 1.47. The fraction of sp³-hybridized carbons (Fsp3) is 0.462. The van der Waals surface area contributed by atoms with E-state index < -0.39 is 11.6 Å². The van der Waals surface area contributed by atoms with Gasteiger partial charge in [-0.15, -0.1) is 0 Å². The molecule has 106 valence electrons. The van der Waals surface area contributed by atoms with E-state index in [9.17, 15) is 13.6 Å². The molecule has 0 aliphatic rings. The van der Waals surface area contributed by atoms with Crippen molar-refractivity contribution in [1.29, 1.82) is 0 Å². The molecule has 0 aromatic heterocycles. The van der Waals surface area contributed by atoms with E-state index in [0.717, 1.165) is 18.7 Å². The smallest absolute Gasteiger partial charge is 0.257 e. The molecule has 0 saturated heterocycles. The van der Waals surface area contributed by atoms with E-state index in [1.165, 1.54) is 0 Å². The number of rotatable bonds is 7. The van der Waals surface area contributed by atoms with Crippen LogP contribution in [0.25, 0.3) is 0 Å². The van der Waals surface area contributed by atoms with Gasteiger partial charge in [-0.1, -0.05) is 6.92 Å². The molecule has 0 aliphatic carbocycles. The Bertz CT molecular complexity index is 427. The third kappa shape index (κ3) is 5.65. The summed E-state index contributed by atoms with van der Waals surface area (Å²) in [5.74, 6) is -2.01. The van der Waals surface area contributed by atoms with Crippen molar-refractivity contribution in [2.45, 2.75) is 19.9 Å². The number of nitrogens with one attached hydrogen (secondary N) is 2. The summed E-state index contributed by atoms with van der Waals surface area (Å²) in [4.78, 5) is 11.4. The number of likely N-dealkylation sites (N-methyl/N-ethyl adjacent to an activating group) is 1. The molecule has 0 unspecified atom stereocenters. The normalized spacial score (nSPS) is 12.0. The van der Waals surface area contributed by atoms with Crippen molar-refractivity contribution in [2.24, 2.45) is 0 Å². The van der Waals surface area contributed by atoms with Gasteiger partial charge in [0, 0.05) is 18.7 Å². The number of hydrogen-bond donors (Lipinski definition) is 2. The second-order valence-electron chi connectivity index (χ2n) is 4.13. The Morgan fingerprint density at radius 1 is 1.42 bits per heavy atom. The number of amides is 1. The zero-order valence-corrected chi connectivity index (χ0v) is 11.0. The first-order chi connectivity index (χ1) is 9.02. The predicted octanol–water partition coefficient (Wildman–Crippen LogP) is 1.46.